The van der Waals surface area contributed by atoms with E-state index in [9.17, 15) is 4.79 Å². The van der Waals surface area contributed by atoms with E-state index in [1.807, 2.05) is 4.90 Å². The highest BCUT2D eigenvalue weighted by molar-refractivity contribution is 5.79. The Balaban J connectivity index is 1.97. The zero-order valence-corrected chi connectivity index (χ0v) is 9.65. The number of amides is 1. The second-order valence-electron chi connectivity index (χ2n) is 5.02. The molecule has 2 heterocycles. The second-order valence-corrected chi connectivity index (χ2v) is 5.02. The fourth-order valence-electron chi connectivity index (χ4n) is 2.66. The van der Waals surface area contributed by atoms with Gasteiger partial charge in [-0.05, 0) is 26.8 Å². The summed E-state index contributed by atoms with van der Waals surface area (Å²) in [6.07, 6.45) is 2.73. The molecular weight excluding hydrogens is 190 g/mol. The van der Waals surface area contributed by atoms with Crippen molar-refractivity contribution in [2.24, 2.45) is 5.73 Å². The average Bonchev–Trinajstić information content (AvgIpc) is 2.50. The highest BCUT2D eigenvalue weighted by Gasteiger charge is 2.35. The van der Waals surface area contributed by atoms with Gasteiger partial charge in [0.1, 0.15) is 0 Å². The number of carbonyl (C=O) groups is 1. The molecule has 4 heteroatoms. The van der Waals surface area contributed by atoms with Crippen LogP contribution in [0.25, 0.3) is 0 Å². The number of carbonyl (C=O) groups excluding carboxylic acids is 1. The minimum Gasteiger partial charge on any atom is -0.338 e. The molecule has 0 saturated carbocycles. The van der Waals surface area contributed by atoms with Crippen LogP contribution in [0.3, 0.4) is 0 Å². The summed E-state index contributed by atoms with van der Waals surface area (Å²) in [6, 6.07) is 1.07. The number of piperidine rings is 1. The molecule has 2 rings (SSSR count). The van der Waals surface area contributed by atoms with Gasteiger partial charge in [0.25, 0.3) is 0 Å². The molecule has 0 aromatic carbocycles. The van der Waals surface area contributed by atoms with Gasteiger partial charge in [-0.1, -0.05) is 0 Å². The van der Waals surface area contributed by atoms with Crippen LogP contribution in [0.15, 0.2) is 0 Å². The zero-order valence-electron chi connectivity index (χ0n) is 9.65. The summed E-state index contributed by atoms with van der Waals surface area (Å²) in [7, 11) is 2.15. The highest BCUT2D eigenvalue weighted by atomic mass is 16.2. The lowest BCUT2D eigenvalue weighted by molar-refractivity contribution is -0.130. The molecule has 0 aliphatic carbocycles. The normalized spacial score (nSPS) is 38.7. The first-order chi connectivity index (χ1) is 7.08. The lowest BCUT2D eigenvalue weighted by Crippen LogP contribution is -2.48. The first-order valence-electron chi connectivity index (χ1n) is 5.83. The van der Waals surface area contributed by atoms with Crippen LogP contribution in [-0.2, 0) is 4.79 Å². The standard InChI is InChI=1S/C11H21N3O/c1-8-5-10(3-4-13(8)2)14-7-9(12)6-11(14)15/h8-10H,3-7,12H2,1-2H3. The van der Waals surface area contributed by atoms with Crippen molar-refractivity contribution in [3.05, 3.63) is 0 Å². The van der Waals surface area contributed by atoms with Gasteiger partial charge in [-0.25, -0.2) is 0 Å². The van der Waals surface area contributed by atoms with Crippen LogP contribution in [0, 0.1) is 0 Å². The highest BCUT2D eigenvalue weighted by Crippen LogP contribution is 2.24. The average molecular weight is 211 g/mol. The van der Waals surface area contributed by atoms with Crippen molar-refractivity contribution in [1.29, 1.82) is 0 Å². The number of nitrogens with two attached hydrogens (primary N) is 1. The summed E-state index contributed by atoms with van der Waals surface area (Å²) in [5.74, 6) is 0.254. The summed E-state index contributed by atoms with van der Waals surface area (Å²) in [5, 5.41) is 0. The molecule has 15 heavy (non-hydrogen) atoms. The minimum atomic E-state index is 0.0625. The predicted octanol–water partition coefficient (Wildman–Crippen LogP) is 0.0287. The molecule has 2 N–H and O–H groups in total. The molecule has 2 saturated heterocycles. The van der Waals surface area contributed by atoms with Crippen molar-refractivity contribution in [3.8, 4) is 0 Å². The van der Waals surface area contributed by atoms with Crippen molar-refractivity contribution in [1.82, 2.24) is 9.80 Å². The van der Waals surface area contributed by atoms with Crippen LogP contribution in [0.5, 0.6) is 0 Å². The zero-order chi connectivity index (χ0) is 11.0. The van der Waals surface area contributed by atoms with Gasteiger partial charge < -0.3 is 15.5 Å². The SMILES string of the molecule is CC1CC(N2CC(N)CC2=O)CCN1C. The van der Waals surface area contributed by atoms with Crippen molar-refractivity contribution in [2.45, 2.75) is 44.3 Å². The van der Waals surface area contributed by atoms with E-state index in [0.29, 0.717) is 18.5 Å². The first-order valence-corrected chi connectivity index (χ1v) is 5.83. The Morgan fingerprint density at radius 2 is 2.20 bits per heavy atom. The number of likely N-dealkylation sites (tertiary alicyclic amines) is 2. The third kappa shape index (κ3) is 2.16. The topological polar surface area (TPSA) is 49.6 Å². The van der Waals surface area contributed by atoms with Gasteiger partial charge in [-0.3, -0.25) is 4.79 Å². The Labute approximate surface area is 91.4 Å². The molecule has 0 bridgehead atoms. The Bertz CT molecular complexity index is 256. The summed E-state index contributed by atoms with van der Waals surface area (Å²) in [6.45, 7) is 4.08. The van der Waals surface area contributed by atoms with Crippen molar-refractivity contribution in [2.75, 3.05) is 20.1 Å². The lowest BCUT2D eigenvalue weighted by Gasteiger charge is -2.39. The van der Waals surface area contributed by atoms with E-state index in [-0.39, 0.29) is 11.9 Å². The Morgan fingerprint density at radius 3 is 2.73 bits per heavy atom. The Hall–Kier alpha value is -0.610. The molecule has 2 fully saturated rings. The van der Waals surface area contributed by atoms with E-state index in [2.05, 4.69) is 18.9 Å². The van der Waals surface area contributed by atoms with Crippen LogP contribution < -0.4 is 5.73 Å². The van der Waals surface area contributed by atoms with E-state index >= 15 is 0 Å². The van der Waals surface area contributed by atoms with E-state index in [4.69, 9.17) is 5.73 Å². The quantitative estimate of drug-likeness (QED) is 0.665. The third-order valence-electron chi connectivity index (χ3n) is 3.81. The molecule has 3 unspecified atom stereocenters. The van der Waals surface area contributed by atoms with Gasteiger partial charge >= 0.3 is 0 Å². The van der Waals surface area contributed by atoms with Crippen LogP contribution in [0.2, 0.25) is 0 Å². The summed E-state index contributed by atoms with van der Waals surface area (Å²) < 4.78 is 0. The smallest absolute Gasteiger partial charge is 0.224 e. The second kappa shape index (κ2) is 4.10. The van der Waals surface area contributed by atoms with Crippen molar-refractivity contribution in [3.63, 3.8) is 0 Å². The van der Waals surface area contributed by atoms with Crippen LogP contribution in [0.4, 0.5) is 0 Å². The molecule has 4 nitrogen and oxygen atoms in total. The number of nitrogens with zero attached hydrogens (tertiary/aromatic N) is 2. The number of rotatable bonds is 1. The maximum atomic E-state index is 11.7. The third-order valence-corrected chi connectivity index (χ3v) is 3.81. The summed E-state index contributed by atoms with van der Waals surface area (Å²) in [5.41, 5.74) is 5.81. The van der Waals surface area contributed by atoms with Crippen LogP contribution in [-0.4, -0.2) is 54.0 Å². The monoisotopic (exact) mass is 211 g/mol. The minimum absolute atomic E-state index is 0.0625. The Kier molecular flexibility index (Phi) is 2.98. The first kappa shape index (κ1) is 10.9. The van der Waals surface area contributed by atoms with Crippen molar-refractivity contribution < 1.29 is 4.79 Å². The van der Waals surface area contributed by atoms with Crippen LogP contribution >= 0.6 is 0 Å². The molecule has 0 radical (unpaired) electrons. The molecule has 1 amide bonds. The molecular formula is C11H21N3O. The van der Waals surface area contributed by atoms with Gasteiger partial charge in [0.2, 0.25) is 5.91 Å². The molecule has 3 atom stereocenters. The summed E-state index contributed by atoms with van der Waals surface area (Å²) in [4.78, 5) is 16.1. The molecule has 2 aliphatic heterocycles. The van der Waals surface area contributed by atoms with Gasteiger partial charge in [-0.15, -0.1) is 0 Å². The maximum Gasteiger partial charge on any atom is 0.224 e. The van der Waals surface area contributed by atoms with E-state index in [1.165, 1.54) is 0 Å². The van der Waals surface area contributed by atoms with Gasteiger partial charge in [0.15, 0.2) is 0 Å². The van der Waals surface area contributed by atoms with Crippen molar-refractivity contribution >= 4 is 5.91 Å². The number of hydrogen-bond donors (Lipinski definition) is 1. The molecule has 0 aromatic heterocycles. The number of hydrogen-bond acceptors (Lipinski definition) is 3. The molecule has 0 spiro atoms. The summed E-state index contributed by atoms with van der Waals surface area (Å²) >= 11 is 0. The lowest BCUT2D eigenvalue weighted by atomic mass is 9.98. The van der Waals surface area contributed by atoms with Gasteiger partial charge in [0, 0.05) is 37.6 Å². The van der Waals surface area contributed by atoms with E-state index in [0.717, 1.165) is 25.9 Å². The Morgan fingerprint density at radius 1 is 1.47 bits per heavy atom. The van der Waals surface area contributed by atoms with Crippen LogP contribution in [0.1, 0.15) is 26.2 Å². The predicted molar refractivity (Wildman–Crippen MR) is 59.4 cm³/mol. The van der Waals surface area contributed by atoms with E-state index < -0.39 is 0 Å². The maximum absolute atomic E-state index is 11.7. The molecule has 86 valence electrons. The fraction of sp³-hybridized carbons (Fsp3) is 0.909. The molecule has 0 aromatic rings. The van der Waals surface area contributed by atoms with Gasteiger partial charge in [-0.2, -0.15) is 0 Å². The largest absolute Gasteiger partial charge is 0.338 e. The van der Waals surface area contributed by atoms with E-state index in [1.54, 1.807) is 0 Å². The fourth-order valence-corrected chi connectivity index (χ4v) is 2.66. The van der Waals surface area contributed by atoms with Gasteiger partial charge in [0.05, 0.1) is 0 Å². The molecule has 2 aliphatic rings.